The molecule has 1 saturated heterocycles. The third kappa shape index (κ3) is 1.45. The molecule has 0 unspecified atom stereocenters. The molecule has 1 fully saturated rings. The van der Waals surface area contributed by atoms with E-state index in [4.69, 9.17) is 4.74 Å². The summed E-state index contributed by atoms with van der Waals surface area (Å²) in [6.07, 6.45) is 1.28. The highest BCUT2D eigenvalue weighted by molar-refractivity contribution is 6.11. The Morgan fingerprint density at radius 3 is 2.73 bits per heavy atom. The number of nitrogens with zero attached hydrogens (tertiary/aromatic N) is 3. The van der Waals surface area contributed by atoms with Gasteiger partial charge in [0.1, 0.15) is 19.4 Å². The van der Waals surface area contributed by atoms with Crippen LogP contribution in [0.1, 0.15) is 0 Å². The van der Waals surface area contributed by atoms with Crippen LogP contribution >= 0.6 is 0 Å². The van der Waals surface area contributed by atoms with E-state index in [1.54, 1.807) is 7.05 Å². The van der Waals surface area contributed by atoms with Gasteiger partial charge in [-0.25, -0.2) is 4.99 Å². The van der Waals surface area contributed by atoms with Crippen molar-refractivity contribution in [3.63, 3.8) is 0 Å². The zero-order chi connectivity index (χ0) is 11.1. The quantitative estimate of drug-likeness (QED) is 0.415. The van der Waals surface area contributed by atoms with Crippen LogP contribution in [0.3, 0.4) is 0 Å². The predicted molar refractivity (Wildman–Crippen MR) is 57.6 cm³/mol. The molecule has 1 N–H and O–H groups in total. The van der Waals surface area contributed by atoms with Gasteiger partial charge in [-0.1, -0.05) is 0 Å². The smallest absolute Gasteiger partial charge is 0.273 e. The van der Waals surface area contributed by atoms with E-state index in [9.17, 15) is 5.11 Å². The maximum atomic E-state index is 9.49. The number of aliphatic hydroxyl groups is 1. The van der Waals surface area contributed by atoms with E-state index in [-0.39, 0.29) is 5.76 Å². The lowest BCUT2D eigenvalue weighted by Crippen LogP contribution is -2.21. The van der Waals surface area contributed by atoms with Crippen molar-refractivity contribution < 1.29 is 14.3 Å². The third-order valence-corrected chi connectivity index (χ3v) is 2.73. The molecule has 2 heterocycles. The van der Waals surface area contributed by atoms with Gasteiger partial charge in [-0.05, 0) is 6.72 Å². The van der Waals surface area contributed by atoms with Gasteiger partial charge in [0.25, 0.3) is 5.82 Å². The van der Waals surface area contributed by atoms with Crippen molar-refractivity contribution in [3.8, 4) is 0 Å². The number of quaternary nitrogens is 1. The fraction of sp³-hybridized carbons (Fsp3) is 0.400. The van der Waals surface area contributed by atoms with Crippen molar-refractivity contribution in [2.24, 2.45) is 9.98 Å². The average Bonchev–Trinajstić information content (AvgIpc) is 2.84. The summed E-state index contributed by atoms with van der Waals surface area (Å²) in [7, 11) is 3.65. The van der Waals surface area contributed by atoms with Crippen molar-refractivity contribution >= 4 is 12.4 Å². The molecule has 2 rings (SSSR count). The van der Waals surface area contributed by atoms with Crippen LogP contribution in [0.5, 0.6) is 0 Å². The summed E-state index contributed by atoms with van der Waals surface area (Å²) in [4.78, 5) is 7.97. The summed E-state index contributed by atoms with van der Waals surface area (Å²) < 4.78 is 5.97. The largest absolute Gasteiger partial charge is 0.503 e. The van der Waals surface area contributed by atoms with Gasteiger partial charge < -0.3 is 9.84 Å². The minimum atomic E-state index is 0.0436. The van der Waals surface area contributed by atoms with Gasteiger partial charge in [-0.3, -0.25) is 9.48 Å². The van der Waals surface area contributed by atoms with Crippen LogP contribution in [-0.2, 0) is 4.74 Å². The molecular weight excluding hydrogens is 194 g/mol. The first-order chi connectivity index (χ1) is 7.12. The molecule has 0 spiro atoms. The van der Waals surface area contributed by atoms with Gasteiger partial charge >= 0.3 is 0 Å². The zero-order valence-electron chi connectivity index (χ0n) is 8.90. The number of ether oxygens (including phenoxy) is 1. The van der Waals surface area contributed by atoms with Crippen molar-refractivity contribution in [1.29, 1.82) is 0 Å². The van der Waals surface area contributed by atoms with Crippen LogP contribution in [0.15, 0.2) is 33.6 Å². The Morgan fingerprint density at radius 2 is 2.27 bits per heavy atom. The number of hydrogen-bond acceptors (Lipinski definition) is 4. The molecule has 0 radical (unpaired) electrons. The molecule has 2 aliphatic rings. The van der Waals surface area contributed by atoms with Gasteiger partial charge in [-0.15, -0.1) is 0 Å². The predicted octanol–water partition coefficient (Wildman–Crippen LogP) is 0.817. The van der Waals surface area contributed by atoms with Crippen LogP contribution in [0.25, 0.3) is 0 Å². The lowest BCUT2D eigenvalue weighted by molar-refractivity contribution is -0.736. The molecule has 5 heteroatoms. The van der Waals surface area contributed by atoms with E-state index in [2.05, 4.69) is 16.7 Å². The Labute approximate surface area is 88.3 Å². The molecule has 0 aliphatic carbocycles. The molecule has 0 saturated carbocycles. The topological polar surface area (TPSA) is 54.2 Å². The number of rotatable bonds is 2. The van der Waals surface area contributed by atoms with Crippen molar-refractivity contribution in [3.05, 3.63) is 23.6 Å². The average molecular weight is 208 g/mol. The Bertz CT molecular complexity index is 403. The SMILES string of the molecule is C=NC(=C1OC=C(O)C1=NC)[N+]1(C)CC1. The maximum absolute atomic E-state index is 9.49. The number of hydrogen-bond donors (Lipinski definition) is 1. The molecular formula is C10H14N3O2+. The Balaban J connectivity index is 2.45. The molecule has 0 aromatic carbocycles. The Morgan fingerprint density at radius 1 is 1.60 bits per heavy atom. The summed E-state index contributed by atoms with van der Waals surface area (Å²) in [5.41, 5.74) is 0.448. The summed E-state index contributed by atoms with van der Waals surface area (Å²) in [6, 6.07) is 0. The molecule has 0 bridgehead atoms. The Kier molecular flexibility index (Phi) is 2.12. The minimum absolute atomic E-state index is 0.0436. The molecule has 0 aromatic rings. The van der Waals surface area contributed by atoms with E-state index < -0.39 is 0 Å². The van der Waals surface area contributed by atoms with Crippen LogP contribution in [-0.4, -0.2) is 49.2 Å². The minimum Gasteiger partial charge on any atom is -0.503 e. The van der Waals surface area contributed by atoms with E-state index in [0.717, 1.165) is 18.9 Å². The lowest BCUT2D eigenvalue weighted by atomic mass is 10.3. The van der Waals surface area contributed by atoms with Crippen LogP contribution in [0.2, 0.25) is 0 Å². The molecule has 0 aromatic heterocycles. The van der Waals surface area contributed by atoms with Crippen molar-refractivity contribution in [2.75, 3.05) is 27.2 Å². The monoisotopic (exact) mass is 208 g/mol. The third-order valence-electron chi connectivity index (χ3n) is 2.73. The highest BCUT2D eigenvalue weighted by Gasteiger charge is 2.46. The van der Waals surface area contributed by atoms with Gasteiger partial charge in [0.15, 0.2) is 11.5 Å². The summed E-state index contributed by atoms with van der Waals surface area (Å²) in [5.74, 6) is 1.29. The summed E-state index contributed by atoms with van der Waals surface area (Å²) in [5, 5.41) is 9.49. The van der Waals surface area contributed by atoms with E-state index >= 15 is 0 Å². The molecule has 80 valence electrons. The molecule has 5 nitrogen and oxygen atoms in total. The van der Waals surface area contributed by atoms with Gasteiger partial charge in [0, 0.05) is 7.05 Å². The van der Waals surface area contributed by atoms with Crippen LogP contribution in [0, 0.1) is 0 Å². The highest BCUT2D eigenvalue weighted by atomic mass is 16.5. The molecule has 0 atom stereocenters. The van der Waals surface area contributed by atoms with Gasteiger partial charge in [-0.2, -0.15) is 0 Å². The Hall–Kier alpha value is -1.62. The second-order valence-corrected chi connectivity index (χ2v) is 3.85. The fourth-order valence-corrected chi connectivity index (χ4v) is 1.57. The van der Waals surface area contributed by atoms with E-state index in [1.807, 2.05) is 7.05 Å². The number of aliphatic hydroxyl groups excluding tert-OH is 1. The highest BCUT2D eigenvalue weighted by Crippen LogP contribution is 2.32. The maximum Gasteiger partial charge on any atom is 0.273 e. The molecule has 0 amide bonds. The standard InChI is InChI=1S/C10H13N3O2/c1-11-8-7(14)6-15-9(8)10(12-2)13(3)4-5-13/h6H,2,4-5H2,1,3H3/p+1. The first-order valence-electron chi connectivity index (χ1n) is 4.72. The van der Waals surface area contributed by atoms with E-state index in [1.165, 1.54) is 6.26 Å². The summed E-state index contributed by atoms with van der Waals surface area (Å²) in [6.45, 7) is 5.57. The second-order valence-electron chi connectivity index (χ2n) is 3.85. The number of aliphatic imine (C=N–C) groups is 2. The normalized spacial score (nSPS) is 28.4. The van der Waals surface area contributed by atoms with E-state index in [0.29, 0.717) is 16.0 Å². The van der Waals surface area contributed by atoms with Crippen LogP contribution < -0.4 is 0 Å². The lowest BCUT2D eigenvalue weighted by Gasteiger charge is -2.12. The first kappa shape index (κ1) is 9.92. The van der Waals surface area contributed by atoms with Gasteiger partial charge in [0.2, 0.25) is 5.76 Å². The summed E-state index contributed by atoms with van der Waals surface area (Å²) >= 11 is 0. The van der Waals surface area contributed by atoms with Crippen LogP contribution in [0.4, 0.5) is 0 Å². The number of likely N-dealkylation sites (N-methyl/N-ethyl adjacent to an activating group) is 1. The van der Waals surface area contributed by atoms with Gasteiger partial charge in [0.05, 0.1) is 7.05 Å². The second kappa shape index (κ2) is 3.20. The molecule has 2 aliphatic heterocycles. The van der Waals surface area contributed by atoms with Crippen molar-refractivity contribution in [1.82, 2.24) is 0 Å². The zero-order valence-corrected chi connectivity index (χ0v) is 8.90. The first-order valence-corrected chi connectivity index (χ1v) is 4.72. The fourth-order valence-electron chi connectivity index (χ4n) is 1.57. The molecule has 15 heavy (non-hydrogen) atoms. The van der Waals surface area contributed by atoms with Crippen molar-refractivity contribution in [2.45, 2.75) is 0 Å².